The summed E-state index contributed by atoms with van der Waals surface area (Å²) in [4.78, 5) is 69.5. The summed E-state index contributed by atoms with van der Waals surface area (Å²) in [6.45, 7) is 14.1. The summed E-state index contributed by atoms with van der Waals surface area (Å²) in [6.07, 6.45) is -3.28. The number of aliphatic hydroxyl groups is 1. The highest BCUT2D eigenvalue weighted by atomic mass is 17.0. The number of methoxy groups -OCH3 is 3. The van der Waals surface area contributed by atoms with Gasteiger partial charge >= 0.3 is 29.8 Å². The Hall–Kier alpha value is -3.91. The van der Waals surface area contributed by atoms with Gasteiger partial charge in [0.15, 0.2) is 16.8 Å². The molecule has 0 amide bonds. The summed E-state index contributed by atoms with van der Waals surface area (Å²) in [5.74, 6) is -8.92. The maximum atomic E-state index is 14.3. The number of hydrogen-bond donors (Lipinski definition) is 1. The van der Waals surface area contributed by atoms with Gasteiger partial charge in [0.1, 0.15) is 29.5 Å². The molecule has 7 fully saturated rings. The van der Waals surface area contributed by atoms with E-state index in [9.17, 15) is 29.1 Å². The van der Waals surface area contributed by atoms with Crippen molar-refractivity contribution in [2.45, 2.75) is 159 Å². The summed E-state index contributed by atoms with van der Waals surface area (Å²) in [7, 11) is 3.78. The lowest BCUT2D eigenvalue weighted by Gasteiger charge is -2.78. The smallest absolute Gasteiger partial charge is 0.333 e. The van der Waals surface area contributed by atoms with Crippen molar-refractivity contribution >= 4 is 29.8 Å². The van der Waals surface area contributed by atoms with Gasteiger partial charge in [0.25, 0.3) is 11.9 Å². The second-order valence-corrected chi connectivity index (χ2v) is 18.4. The molecule has 3 saturated heterocycles. The molecule has 0 aromatic carbocycles. The molecule has 61 heavy (non-hydrogen) atoms. The molecule has 0 radical (unpaired) electrons. The van der Waals surface area contributed by atoms with Gasteiger partial charge in [-0.05, 0) is 32.3 Å². The van der Waals surface area contributed by atoms with E-state index in [1.165, 1.54) is 54.6 Å². The Morgan fingerprint density at radius 3 is 2.16 bits per heavy atom. The van der Waals surface area contributed by atoms with E-state index in [4.69, 9.17) is 56.5 Å². The predicted molar refractivity (Wildman–Crippen MR) is 202 cm³/mol. The lowest BCUT2D eigenvalue weighted by molar-refractivity contribution is -0.467. The fraction of sp³-hybridized carbons (Fsp3) is 0.744. The molecule has 4 heterocycles. The zero-order chi connectivity index (χ0) is 44.8. The molecule has 4 bridgehead atoms. The Morgan fingerprint density at radius 1 is 0.934 bits per heavy atom. The minimum Gasteiger partial charge on any atom is -0.472 e. The van der Waals surface area contributed by atoms with Crippen molar-refractivity contribution < 1.29 is 85.6 Å². The third kappa shape index (κ3) is 4.69. The maximum absolute atomic E-state index is 14.3. The van der Waals surface area contributed by atoms with Gasteiger partial charge in [-0.1, -0.05) is 33.8 Å². The molecule has 15 atom stereocenters. The van der Waals surface area contributed by atoms with Crippen LogP contribution in [0.1, 0.15) is 106 Å². The van der Waals surface area contributed by atoms with Gasteiger partial charge in [-0.2, -0.15) is 0 Å². The molecule has 1 aromatic rings. The first-order valence-corrected chi connectivity index (χ1v) is 20.6. The molecular formula is C43H56O18. The Bertz CT molecular complexity index is 2080. The first-order valence-electron chi connectivity index (χ1n) is 20.6. The average molecular weight is 861 g/mol. The number of aliphatic hydroxyl groups excluding tert-OH is 1. The first kappa shape index (κ1) is 43.7. The quantitative estimate of drug-likeness (QED) is 0.179. The van der Waals surface area contributed by atoms with Crippen LogP contribution in [0.3, 0.4) is 0 Å². The summed E-state index contributed by atoms with van der Waals surface area (Å²) in [6, 6.07) is 1.58. The predicted octanol–water partition coefficient (Wildman–Crippen LogP) is 3.85. The highest BCUT2D eigenvalue weighted by molar-refractivity contribution is 5.88. The molecule has 18 nitrogen and oxygen atoms in total. The molecule has 7 aliphatic rings. The standard InChI is InChI=1S/C43H56O18/c1-13-22(3)31(49)55-32-34(6)21-39(56-24(5)45)36(8,26(34)17-28(47)50-10)42-27(46)18-35(7,30(54-23(4)44)25-15-16-53-20-25)38(19-29(48)51-11)43(42,60-37(9,58-38)59-42)33-41(32,39)61-40(14-2,52-12)57-33/h13,15-16,20,26-27,30,32-33,46H,14,17-19,21H2,1-12H3/b22-13+/t26-,27+,30-,32-,33+,34+,35-,36+,37+,38-,39+,40+,41-,42-,43-/m0/s1. The number of fused-ring (bicyclic) bond motifs is 2. The van der Waals surface area contributed by atoms with Crippen LogP contribution < -0.4 is 0 Å². The molecule has 336 valence electrons. The van der Waals surface area contributed by atoms with E-state index < -0.39 is 123 Å². The van der Waals surface area contributed by atoms with E-state index in [1.807, 2.05) is 0 Å². The Balaban J connectivity index is 1.58. The number of hydrogen-bond acceptors (Lipinski definition) is 18. The van der Waals surface area contributed by atoms with Crippen molar-refractivity contribution in [1.82, 2.24) is 0 Å². The van der Waals surface area contributed by atoms with Gasteiger partial charge in [0.05, 0.1) is 39.3 Å². The van der Waals surface area contributed by atoms with Crippen LogP contribution in [0.15, 0.2) is 34.7 Å². The molecule has 1 N–H and O–H groups in total. The summed E-state index contributed by atoms with van der Waals surface area (Å²) in [5, 5.41) is 13.6. The zero-order valence-electron chi connectivity index (χ0n) is 36.6. The van der Waals surface area contributed by atoms with E-state index >= 15 is 0 Å². The van der Waals surface area contributed by atoms with E-state index in [0.717, 1.165) is 0 Å². The molecular weight excluding hydrogens is 804 g/mol. The Morgan fingerprint density at radius 2 is 1.61 bits per heavy atom. The fourth-order valence-corrected chi connectivity index (χ4v) is 14.0. The largest absolute Gasteiger partial charge is 0.472 e. The molecule has 0 unspecified atom stereocenters. The molecule has 3 aliphatic heterocycles. The van der Waals surface area contributed by atoms with Crippen LogP contribution in [0, 0.1) is 22.2 Å². The van der Waals surface area contributed by atoms with Gasteiger partial charge < -0.3 is 61.6 Å². The van der Waals surface area contributed by atoms with Gasteiger partial charge in [-0.15, -0.1) is 0 Å². The first-order chi connectivity index (χ1) is 28.5. The number of rotatable bonds is 12. The van der Waals surface area contributed by atoms with Crippen molar-refractivity contribution in [2.24, 2.45) is 22.2 Å². The third-order valence-corrected chi connectivity index (χ3v) is 15.9. The van der Waals surface area contributed by atoms with Crippen LogP contribution in [0.25, 0.3) is 0 Å². The Labute approximate surface area is 353 Å². The van der Waals surface area contributed by atoms with Crippen LogP contribution in [-0.2, 0) is 76.1 Å². The van der Waals surface area contributed by atoms with E-state index in [2.05, 4.69) is 0 Å². The monoisotopic (exact) mass is 860 g/mol. The van der Waals surface area contributed by atoms with Crippen LogP contribution in [0.2, 0.25) is 0 Å². The summed E-state index contributed by atoms with van der Waals surface area (Å²) < 4.78 is 78.1. The average Bonchev–Trinajstić information content (AvgIpc) is 4.03. The Kier molecular flexibility index (Phi) is 9.54. The van der Waals surface area contributed by atoms with Gasteiger partial charge in [-0.25, -0.2) is 4.79 Å². The molecule has 18 heteroatoms. The minimum absolute atomic E-state index is 0.0115. The second-order valence-electron chi connectivity index (χ2n) is 18.4. The highest BCUT2D eigenvalue weighted by Gasteiger charge is 3.08. The number of allylic oxidation sites excluding steroid dienone is 1. The SMILES string of the molecule is C/C=C(\C)C(=O)O[C@H]1[C@]2(C)C[C@]3(OC(C)=O)[C@]14O[C@](CC)(OC)O[C@H]4[C@]14O[C@]5(C)O[C@@]1(CC(=O)OC)[C@](C)([C@@H](OC(C)=O)c1ccoc1)C[C@@H](O)[C@]4(O5)[C@]3(C)[C@H]2CC(=O)OC. The van der Waals surface area contributed by atoms with Crippen LogP contribution in [0.4, 0.5) is 0 Å². The topological polar surface area (TPSA) is 220 Å². The number of ether oxygens (including phenoxy) is 11. The van der Waals surface area contributed by atoms with Crippen LogP contribution >= 0.6 is 0 Å². The summed E-state index contributed by atoms with van der Waals surface area (Å²) >= 11 is 0. The van der Waals surface area contributed by atoms with Crippen molar-refractivity contribution in [3.8, 4) is 0 Å². The molecule has 1 aromatic heterocycles. The number of carbonyl (C=O) groups excluding carboxylic acids is 5. The van der Waals surface area contributed by atoms with Crippen LogP contribution in [0.5, 0.6) is 0 Å². The van der Waals surface area contributed by atoms with Gasteiger partial charge in [-0.3, -0.25) is 19.2 Å². The molecule has 4 saturated carbocycles. The highest BCUT2D eigenvalue weighted by Crippen LogP contribution is 2.91. The van der Waals surface area contributed by atoms with E-state index in [-0.39, 0.29) is 31.3 Å². The number of esters is 5. The third-order valence-electron chi connectivity index (χ3n) is 15.9. The van der Waals surface area contributed by atoms with E-state index in [0.29, 0.717) is 5.56 Å². The van der Waals surface area contributed by atoms with Gasteiger partial charge in [0, 0.05) is 74.5 Å². The lowest BCUT2D eigenvalue weighted by Crippen LogP contribution is -2.98. The van der Waals surface area contributed by atoms with Crippen molar-refractivity contribution in [3.05, 3.63) is 35.8 Å². The summed E-state index contributed by atoms with van der Waals surface area (Å²) in [5.41, 5.74) is -15.1. The van der Waals surface area contributed by atoms with E-state index in [1.54, 1.807) is 53.7 Å². The zero-order valence-corrected chi connectivity index (χ0v) is 36.6. The minimum atomic E-state index is -2.31. The van der Waals surface area contributed by atoms with Crippen molar-refractivity contribution in [3.63, 3.8) is 0 Å². The van der Waals surface area contributed by atoms with Crippen molar-refractivity contribution in [1.29, 1.82) is 0 Å². The maximum Gasteiger partial charge on any atom is 0.333 e. The molecule has 4 aliphatic carbocycles. The normalized spacial score (nSPS) is 47.6. The molecule has 2 spiro atoms. The number of furan rings is 1. The number of carbonyl (C=O) groups is 5. The fourth-order valence-electron chi connectivity index (χ4n) is 14.0. The molecule has 8 rings (SSSR count). The van der Waals surface area contributed by atoms with Gasteiger partial charge in [0.2, 0.25) is 0 Å². The van der Waals surface area contributed by atoms with Crippen LogP contribution in [-0.4, -0.2) is 115 Å². The van der Waals surface area contributed by atoms with Crippen molar-refractivity contribution in [2.75, 3.05) is 21.3 Å². The second kappa shape index (κ2) is 13.3. The lowest BCUT2D eigenvalue weighted by atomic mass is 9.32.